The Bertz CT molecular complexity index is 932. The van der Waals surface area contributed by atoms with E-state index in [2.05, 4.69) is 30.5 Å². The predicted molar refractivity (Wildman–Crippen MR) is 203 cm³/mol. The number of carbonyl (C=O) groups is 3. The fourth-order valence-corrected chi connectivity index (χ4v) is 6.31. The molecule has 0 radical (unpaired) electrons. The van der Waals surface area contributed by atoms with Crippen LogP contribution in [-0.2, 0) is 37.5 Å². The van der Waals surface area contributed by atoms with Gasteiger partial charge in [-0.15, -0.1) is 0 Å². The zero-order chi connectivity index (χ0) is 37.8. The smallest absolute Gasteiger partial charge is 0.472 e. The molecule has 0 aliphatic rings. The lowest BCUT2D eigenvalue weighted by Crippen LogP contribution is -2.34. The van der Waals surface area contributed by atoms with Gasteiger partial charge in [0.1, 0.15) is 12.6 Å². The number of hydrogen-bond donors (Lipinski definition) is 3. The summed E-state index contributed by atoms with van der Waals surface area (Å²) >= 11 is 0. The summed E-state index contributed by atoms with van der Waals surface area (Å²) < 4.78 is 32.6. The maximum atomic E-state index is 12.6. The molecule has 12 heteroatoms. The second kappa shape index (κ2) is 35.3. The van der Waals surface area contributed by atoms with Crippen LogP contribution in [0.3, 0.4) is 0 Å². The number of carbonyl (C=O) groups excluding carboxylic acids is 2. The van der Waals surface area contributed by atoms with E-state index >= 15 is 0 Å². The highest BCUT2D eigenvalue weighted by molar-refractivity contribution is 7.47. The quantitative estimate of drug-likeness (QED) is 0.0237. The van der Waals surface area contributed by atoms with Crippen molar-refractivity contribution < 1.29 is 47.5 Å². The van der Waals surface area contributed by atoms with E-state index in [9.17, 15) is 23.8 Å². The zero-order valence-corrected chi connectivity index (χ0v) is 33.1. The lowest BCUT2D eigenvalue weighted by molar-refractivity contribution is -0.161. The third-order valence-electron chi connectivity index (χ3n) is 8.76. The van der Waals surface area contributed by atoms with Crippen LogP contribution in [0.25, 0.3) is 0 Å². The van der Waals surface area contributed by atoms with Gasteiger partial charge in [0.15, 0.2) is 6.10 Å². The molecular weight excluding hydrogens is 673 g/mol. The fraction of sp³-hybridized carbons (Fsp3) is 0.872. The maximum absolute atomic E-state index is 12.6. The monoisotopic (exact) mass is 748 g/mol. The molecule has 300 valence electrons. The van der Waals surface area contributed by atoms with Crippen LogP contribution in [-0.4, -0.2) is 59.9 Å². The fourth-order valence-electron chi connectivity index (χ4n) is 5.53. The van der Waals surface area contributed by atoms with Crippen molar-refractivity contribution in [2.24, 2.45) is 5.73 Å². The molecule has 0 aromatic heterocycles. The Balaban J connectivity index is 4.38. The van der Waals surface area contributed by atoms with E-state index in [0.29, 0.717) is 12.8 Å². The van der Waals surface area contributed by atoms with Crippen LogP contribution in [0.4, 0.5) is 0 Å². The molecule has 11 nitrogen and oxygen atoms in total. The Morgan fingerprint density at radius 3 is 1.47 bits per heavy atom. The molecule has 51 heavy (non-hydrogen) atoms. The average molecular weight is 748 g/mol. The highest BCUT2D eigenvalue weighted by atomic mass is 31.2. The minimum absolute atomic E-state index is 0.154. The summed E-state index contributed by atoms with van der Waals surface area (Å²) in [6.45, 7) is 2.77. The number of ether oxygens (including phenoxy) is 2. The lowest BCUT2D eigenvalue weighted by Gasteiger charge is -2.20. The lowest BCUT2D eigenvalue weighted by atomic mass is 10.0. The number of hydrogen-bond acceptors (Lipinski definition) is 9. The SMILES string of the molecule is CCCCC/C=C\CCCCCCCC(=O)O[C@H](COC(=O)CCCCCCCCCCCCCCCCC)COP(=O)(O)OC[C@H](N)C(=O)O. The number of esters is 2. The molecule has 0 aliphatic carbocycles. The van der Waals surface area contributed by atoms with Gasteiger partial charge < -0.3 is 25.2 Å². The topological polar surface area (TPSA) is 172 Å². The number of allylic oxidation sites excluding steroid dienone is 2. The standard InChI is InChI=1S/C39H74NO10P/c1-3-5-7-9-11-13-15-17-18-19-21-22-24-26-28-30-37(41)47-32-35(33-48-51(45,46)49-34-36(40)39(43)44)50-38(42)31-29-27-25-23-20-16-14-12-10-8-6-4-2/h12,14,35-36H,3-11,13,15-34,40H2,1-2H3,(H,43,44)(H,45,46)/b14-12-/t35-,36+/m1/s1. The molecule has 0 heterocycles. The molecule has 4 N–H and O–H groups in total. The highest BCUT2D eigenvalue weighted by Crippen LogP contribution is 2.43. The highest BCUT2D eigenvalue weighted by Gasteiger charge is 2.28. The van der Waals surface area contributed by atoms with Crippen LogP contribution in [0.15, 0.2) is 12.2 Å². The molecule has 0 aromatic rings. The maximum Gasteiger partial charge on any atom is 0.472 e. The summed E-state index contributed by atoms with van der Waals surface area (Å²) in [5, 5.41) is 8.86. The van der Waals surface area contributed by atoms with Crippen molar-refractivity contribution in [2.45, 2.75) is 199 Å². The van der Waals surface area contributed by atoms with E-state index in [1.165, 1.54) is 89.9 Å². The van der Waals surface area contributed by atoms with E-state index in [0.717, 1.165) is 57.8 Å². The Labute approximate surface area is 309 Å². The van der Waals surface area contributed by atoms with Gasteiger partial charge in [-0.1, -0.05) is 148 Å². The van der Waals surface area contributed by atoms with E-state index in [1.54, 1.807) is 0 Å². The summed E-state index contributed by atoms with van der Waals surface area (Å²) in [5.74, 6) is -2.38. The van der Waals surface area contributed by atoms with Gasteiger partial charge >= 0.3 is 25.7 Å². The largest absolute Gasteiger partial charge is 0.480 e. The molecule has 0 amide bonds. The van der Waals surface area contributed by atoms with Crippen molar-refractivity contribution in [3.63, 3.8) is 0 Å². The molecule has 3 atom stereocenters. The number of unbranched alkanes of at least 4 members (excludes halogenated alkanes) is 22. The third-order valence-corrected chi connectivity index (χ3v) is 9.71. The number of phosphoric acid groups is 1. The van der Waals surface area contributed by atoms with Gasteiger partial charge in [0.05, 0.1) is 13.2 Å². The van der Waals surface area contributed by atoms with E-state index in [4.69, 9.17) is 24.8 Å². The van der Waals surface area contributed by atoms with Crippen molar-refractivity contribution in [3.8, 4) is 0 Å². The van der Waals surface area contributed by atoms with Gasteiger partial charge in [0.2, 0.25) is 0 Å². The summed E-state index contributed by atoms with van der Waals surface area (Å²) in [6, 6.07) is -1.52. The molecule has 1 unspecified atom stereocenters. The van der Waals surface area contributed by atoms with Gasteiger partial charge in [0.25, 0.3) is 0 Å². The normalized spacial score (nSPS) is 14.0. The first-order valence-electron chi connectivity index (χ1n) is 20.2. The first-order valence-corrected chi connectivity index (χ1v) is 21.7. The molecular formula is C39H74NO10P. The Morgan fingerprint density at radius 2 is 0.980 bits per heavy atom. The van der Waals surface area contributed by atoms with Crippen molar-refractivity contribution in [3.05, 3.63) is 12.2 Å². The summed E-state index contributed by atoms with van der Waals surface area (Å²) in [7, 11) is -4.71. The summed E-state index contributed by atoms with van der Waals surface area (Å²) in [5.41, 5.74) is 5.32. The van der Waals surface area contributed by atoms with E-state index in [-0.39, 0.29) is 19.4 Å². The van der Waals surface area contributed by atoms with Gasteiger partial charge in [-0.25, -0.2) is 4.57 Å². The number of carboxylic acids is 1. The minimum atomic E-state index is -4.71. The van der Waals surface area contributed by atoms with Crippen LogP contribution in [0.5, 0.6) is 0 Å². The number of phosphoric ester groups is 1. The molecule has 0 rings (SSSR count). The molecule has 0 saturated heterocycles. The predicted octanol–water partition coefficient (Wildman–Crippen LogP) is 10.1. The van der Waals surface area contributed by atoms with Crippen LogP contribution in [0.2, 0.25) is 0 Å². The molecule has 0 bridgehead atoms. The number of aliphatic carboxylic acids is 1. The number of nitrogens with two attached hydrogens (primary N) is 1. The third kappa shape index (κ3) is 35.0. The molecule has 0 fully saturated rings. The van der Waals surface area contributed by atoms with Gasteiger partial charge in [-0.3, -0.25) is 23.4 Å². The van der Waals surface area contributed by atoms with Crippen LogP contribution < -0.4 is 5.73 Å². The Morgan fingerprint density at radius 1 is 0.588 bits per heavy atom. The molecule has 0 spiro atoms. The van der Waals surface area contributed by atoms with Crippen molar-refractivity contribution in [2.75, 3.05) is 19.8 Å². The minimum Gasteiger partial charge on any atom is -0.480 e. The van der Waals surface area contributed by atoms with Crippen molar-refractivity contribution >= 4 is 25.7 Å². The summed E-state index contributed by atoms with van der Waals surface area (Å²) in [4.78, 5) is 45.8. The Kier molecular flexibility index (Phi) is 34.0. The second-order valence-electron chi connectivity index (χ2n) is 13.8. The zero-order valence-electron chi connectivity index (χ0n) is 32.2. The first-order chi connectivity index (χ1) is 24.6. The molecule has 0 saturated carbocycles. The van der Waals surface area contributed by atoms with Gasteiger partial charge in [0, 0.05) is 12.8 Å². The molecule has 0 aromatic carbocycles. The summed E-state index contributed by atoms with van der Waals surface area (Å²) in [6.07, 6.45) is 32.8. The molecule has 0 aliphatic heterocycles. The van der Waals surface area contributed by atoms with Crippen LogP contribution in [0.1, 0.15) is 187 Å². The van der Waals surface area contributed by atoms with Gasteiger partial charge in [-0.05, 0) is 38.5 Å². The first kappa shape index (κ1) is 49.2. The van der Waals surface area contributed by atoms with Crippen LogP contribution >= 0.6 is 7.82 Å². The van der Waals surface area contributed by atoms with Gasteiger partial charge in [-0.2, -0.15) is 0 Å². The number of carboxylic acid groups (broad SMARTS) is 1. The van der Waals surface area contributed by atoms with Crippen molar-refractivity contribution in [1.29, 1.82) is 0 Å². The van der Waals surface area contributed by atoms with Crippen LogP contribution in [0, 0.1) is 0 Å². The van der Waals surface area contributed by atoms with Crippen molar-refractivity contribution in [1.82, 2.24) is 0 Å². The average Bonchev–Trinajstić information content (AvgIpc) is 3.10. The Hall–Kier alpha value is -1.78. The van der Waals surface area contributed by atoms with E-state index in [1.807, 2.05) is 0 Å². The second-order valence-corrected chi connectivity index (χ2v) is 15.2. The van der Waals surface area contributed by atoms with E-state index < -0.39 is 51.1 Å². The number of rotatable bonds is 38.